The molecule has 0 bridgehead atoms. The normalized spacial score (nSPS) is 11.1. The maximum Gasteiger partial charge on any atom is 0.261 e. The zero-order valence-electron chi connectivity index (χ0n) is 13.3. The monoisotopic (exact) mass is 418 g/mol. The molecule has 0 aliphatic rings. The minimum atomic E-state index is -3.71. The Hall–Kier alpha value is -2.45. The molecule has 0 amide bonds. The molecule has 0 saturated heterocycles. The second kappa shape index (κ2) is 7.20. The Labute approximate surface area is 154 Å². The summed E-state index contributed by atoms with van der Waals surface area (Å²) in [7, 11) is -3.71. The standard InChI is InChI=1S/C17H15BrN4O2S/c1-12-3-6-14(7-4-12)25(23,24)22-16-11-13(18)5-8-15(16)21-17-19-9-2-10-20-17/h2-11,22H,1H3,(H,19,20,21). The summed E-state index contributed by atoms with van der Waals surface area (Å²) >= 11 is 3.36. The molecule has 0 spiro atoms. The SMILES string of the molecule is Cc1ccc(S(=O)(=O)Nc2cc(Br)ccc2Nc2ncccn2)cc1. The Morgan fingerprint density at radius 1 is 0.960 bits per heavy atom. The van der Waals surface area contributed by atoms with Gasteiger partial charge in [-0.05, 0) is 43.3 Å². The van der Waals surface area contributed by atoms with Gasteiger partial charge in [-0.2, -0.15) is 0 Å². The summed E-state index contributed by atoms with van der Waals surface area (Å²) in [6.07, 6.45) is 3.20. The van der Waals surface area contributed by atoms with Gasteiger partial charge in [-0.3, -0.25) is 4.72 Å². The van der Waals surface area contributed by atoms with Crippen LogP contribution in [-0.2, 0) is 10.0 Å². The van der Waals surface area contributed by atoms with E-state index < -0.39 is 10.0 Å². The Bertz CT molecular complexity index is 977. The number of benzene rings is 2. The number of hydrogen-bond acceptors (Lipinski definition) is 5. The molecule has 25 heavy (non-hydrogen) atoms. The van der Waals surface area contributed by atoms with Crippen molar-refractivity contribution in [2.75, 3.05) is 10.0 Å². The molecular weight excluding hydrogens is 404 g/mol. The number of rotatable bonds is 5. The third kappa shape index (κ3) is 4.34. The van der Waals surface area contributed by atoms with Crippen LogP contribution in [0.25, 0.3) is 0 Å². The Morgan fingerprint density at radius 2 is 1.64 bits per heavy atom. The van der Waals surface area contributed by atoms with E-state index in [0.717, 1.165) is 10.0 Å². The average molecular weight is 419 g/mol. The fraction of sp³-hybridized carbons (Fsp3) is 0.0588. The van der Waals surface area contributed by atoms with Gasteiger partial charge in [0, 0.05) is 16.9 Å². The lowest BCUT2D eigenvalue weighted by Gasteiger charge is -2.14. The van der Waals surface area contributed by atoms with Crippen LogP contribution in [0.1, 0.15) is 5.56 Å². The number of hydrogen-bond donors (Lipinski definition) is 2. The lowest BCUT2D eigenvalue weighted by Crippen LogP contribution is -2.14. The quantitative estimate of drug-likeness (QED) is 0.651. The van der Waals surface area contributed by atoms with E-state index in [4.69, 9.17) is 0 Å². The number of halogens is 1. The number of aromatic nitrogens is 2. The summed E-state index contributed by atoms with van der Waals surface area (Å²) in [6.45, 7) is 1.90. The third-order valence-corrected chi connectivity index (χ3v) is 5.24. The van der Waals surface area contributed by atoms with E-state index in [0.29, 0.717) is 17.3 Å². The zero-order chi connectivity index (χ0) is 17.9. The fourth-order valence-corrected chi connectivity index (χ4v) is 3.55. The second-order valence-corrected chi connectivity index (χ2v) is 7.90. The predicted molar refractivity (Wildman–Crippen MR) is 101 cm³/mol. The van der Waals surface area contributed by atoms with Gasteiger partial charge in [-0.25, -0.2) is 18.4 Å². The third-order valence-electron chi connectivity index (χ3n) is 3.37. The highest BCUT2D eigenvalue weighted by molar-refractivity contribution is 9.10. The average Bonchev–Trinajstić information content (AvgIpc) is 2.58. The molecule has 128 valence electrons. The highest BCUT2D eigenvalue weighted by Crippen LogP contribution is 2.30. The number of aryl methyl sites for hydroxylation is 1. The fourth-order valence-electron chi connectivity index (χ4n) is 2.12. The van der Waals surface area contributed by atoms with Crippen LogP contribution in [0, 0.1) is 6.92 Å². The molecule has 3 aromatic rings. The molecular formula is C17H15BrN4O2S. The van der Waals surface area contributed by atoms with Crippen LogP contribution >= 0.6 is 15.9 Å². The van der Waals surface area contributed by atoms with Crippen molar-refractivity contribution in [1.82, 2.24) is 9.97 Å². The van der Waals surface area contributed by atoms with Crippen LogP contribution < -0.4 is 10.0 Å². The number of anilines is 3. The zero-order valence-corrected chi connectivity index (χ0v) is 15.7. The lowest BCUT2D eigenvalue weighted by atomic mass is 10.2. The first-order valence-corrected chi connectivity index (χ1v) is 9.65. The second-order valence-electron chi connectivity index (χ2n) is 5.31. The first-order chi connectivity index (χ1) is 11.9. The number of nitrogens with zero attached hydrogens (tertiary/aromatic N) is 2. The predicted octanol–water partition coefficient (Wildman–Crippen LogP) is 4.09. The summed E-state index contributed by atoms with van der Waals surface area (Å²) in [5.41, 5.74) is 1.93. The smallest absolute Gasteiger partial charge is 0.261 e. The minimum absolute atomic E-state index is 0.194. The van der Waals surface area contributed by atoms with Gasteiger partial charge in [0.25, 0.3) is 10.0 Å². The van der Waals surface area contributed by atoms with E-state index >= 15 is 0 Å². The van der Waals surface area contributed by atoms with Crippen LogP contribution in [0.15, 0.2) is 70.3 Å². The maximum atomic E-state index is 12.6. The molecule has 2 aromatic carbocycles. The molecule has 0 aliphatic carbocycles. The summed E-state index contributed by atoms with van der Waals surface area (Å²) < 4.78 is 28.6. The molecule has 0 atom stereocenters. The van der Waals surface area contributed by atoms with E-state index in [1.807, 2.05) is 6.92 Å². The van der Waals surface area contributed by atoms with Crippen molar-refractivity contribution in [3.8, 4) is 0 Å². The maximum absolute atomic E-state index is 12.6. The topological polar surface area (TPSA) is 84.0 Å². The summed E-state index contributed by atoms with van der Waals surface area (Å²) in [5.74, 6) is 0.376. The highest BCUT2D eigenvalue weighted by Gasteiger charge is 2.16. The van der Waals surface area contributed by atoms with Gasteiger partial charge in [-0.1, -0.05) is 33.6 Å². The molecule has 0 saturated carbocycles. The molecule has 2 N–H and O–H groups in total. The molecule has 1 aromatic heterocycles. The van der Waals surface area contributed by atoms with Crippen LogP contribution in [0.2, 0.25) is 0 Å². The molecule has 0 aliphatic heterocycles. The molecule has 6 nitrogen and oxygen atoms in total. The van der Waals surface area contributed by atoms with Crippen molar-refractivity contribution in [2.24, 2.45) is 0 Å². The van der Waals surface area contributed by atoms with Crippen LogP contribution in [-0.4, -0.2) is 18.4 Å². The van der Waals surface area contributed by atoms with Crippen molar-refractivity contribution in [3.05, 3.63) is 71.0 Å². The van der Waals surface area contributed by atoms with E-state index in [1.54, 1.807) is 60.9 Å². The van der Waals surface area contributed by atoms with Gasteiger partial charge in [0.15, 0.2) is 0 Å². The number of sulfonamides is 1. The van der Waals surface area contributed by atoms with Gasteiger partial charge in [0.1, 0.15) is 0 Å². The van der Waals surface area contributed by atoms with Crippen LogP contribution in [0.5, 0.6) is 0 Å². The van der Waals surface area contributed by atoms with Crippen molar-refractivity contribution < 1.29 is 8.42 Å². The Balaban J connectivity index is 1.93. The molecule has 0 fully saturated rings. The Morgan fingerprint density at radius 3 is 2.32 bits per heavy atom. The van der Waals surface area contributed by atoms with E-state index in [9.17, 15) is 8.42 Å². The lowest BCUT2D eigenvalue weighted by molar-refractivity contribution is 0.601. The first-order valence-electron chi connectivity index (χ1n) is 7.37. The summed E-state index contributed by atoms with van der Waals surface area (Å²) in [6, 6.07) is 13.6. The number of nitrogens with one attached hydrogen (secondary N) is 2. The van der Waals surface area contributed by atoms with E-state index in [2.05, 4.69) is 35.9 Å². The largest absolute Gasteiger partial charge is 0.322 e. The molecule has 0 radical (unpaired) electrons. The molecule has 1 heterocycles. The van der Waals surface area contributed by atoms with Crippen LogP contribution in [0.4, 0.5) is 17.3 Å². The van der Waals surface area contributed by atoms with Gasteiger partial charge >= 0.3 is 0 Å². The van der Waals surface area contributed by atoms with Gasteiger partial charge in [0.05, 0.1) is 16.3 Å². The minimum Gasteiger partial charge on any atom is -0.322 e. The molecule has 3 rings (SSSR count). The van der Waals surface area contributed by atoms with Crippen LogP contribution in [0.3, 0.4) is 0 Å². The van der Waals surface area contributed by atoms with E-state index in [-0.39, 0.29) is 4.90 Å². The van der Waals surface area contributed by atoms with Crippen molar-refractivity contribution in [1.29, 1.82) is 0 Å². The summed E-state index contributed by atoms with van der Waals surface area (Å²) in [5, 5.41) is 3.01. The summed E-state index contributed by atoms with van der Waals surface area (Å²) in [4.78, 5) is 8.38. The molecule has 8 heteroatoms. The van der Waals surface area contributed by atoms with Gasteiger partial charge in [-0.15, -0.1) is 0 Å². The van der Waals surface area contributed by atoms with Crippen molar-refractivity contribution in [3.63, 3.8) is 0 Å². The van der Waals surface area contributed by atoms with Crippen molar-refractivity contribution in [2.45, 2.75) is 11.8 Å². The van der Waals surface area contributed by atoms with E-state index in [1.165, 1.54) is 0 Å². The van der Waals surface area contributed by atoms with Crippen molar-refractivity contribution >= 4 is 43.3 Å². The van der Waals surface area contributed by atoms with Gasteiger partial charge < -0.3 is 5.32 Å². The first kappa shape index (κ1) is 17.4. The highest BCUT2D eigenvalue weighted by atomic mass is 79.9. The molecule has 0 unspecified atom stereocenters. The van der Waals surface area contributed by atoms with Gasteiger partial charge in [0.2, 0.25) is 5.95 Å². The Kier molecular flexibility index (Phi) is 5.00.